The van der Waals surface area contributed by atoms with Gasteiger partial charge in [-0.3, -0.25) is 9.59 Å². The molecule has 0 aliphatic heterocycles. The monoisotopic (exact) mass is 366 g/mol. The summed E-state index contributed by atoms with van der Waals surface area (Å²) in [7, 11) is 1.61. The molecule has 0 fully saturated rings. The number of carbonyl (C=O) groups excluding carboxylic acids is 3. The number of benzene rings is 2. The standard InChI is InChI=1S/C21H22N2O4/c1-15(20(25)23(3)18-12-8-5-9-13-18)27-21(26)19(22-16(2)24)14-17-10-6-4-7-11-17/h4-15H,1-3H3,(H,22,24)/b19-14+/t15-/m1/s1. The lowest BCUT2D eigenvalue weighted by molar-refractivity contribution is -0.150. The summed E-state index contributed by atoms with van der Waals surface area (Å²) in [6.07, 6.45) is 0.484. The molecule has 0 saturated carbocycles. The van der Waals surface area contributed by atoms with Crippen LogP contribution in [0, 0.1) is 0 Å². The van der Waals surface area contributed by atoms with Crippen LogP contribution in [0.25, 0.3) is 6.08 Å². The molecule has 0 unspecified atom stereocenters. The van der Waals surface area contributed by atoms with Crippen LogP contribution in [0.2, 0.25) is 0 Å². The quantitative estimate of drug-likeness (QED) is 0.630. The predicted molar refractivity (Wildman–Crippen MR) is 104 cm³/mol. The van der Waals surface area contributed by atoms with Crippen LogP contribution < -0.4 is 10.2 Å². The Hall–Kier alpha value is -3.41. The Balaban J connectivity index is 2.12. The second-order valence-electron chi connectivity index (χ2n) is 5.93. The fourth-order valence-corrected chi connectivity index (χ4v) is 2.38. The van der Waals surface area contributed by atoms with E-state index in [2.05, 4.69) is 5.32 Å². The molecule has 0 aromatic heterocycles. The Morgan fingerprint density at radius 3 is 2.11 bits per heavy atom. The summed E-state index contributed by atoms with van der Waals surface area (Å²) in [6.45, 7) is 2.79. The third-order valence-corrected chi connectivity index (χ3v) is 3.75. The van der Waals surface area contributed by atoms with Gasteiger partial charge in [0.1, 0.15) is 5.70 Å². The van der Waals surface area contributed by atoms with Gasteiger partial charge in [-0.1, -0.05) is 48.5 Å². The number of ether oxygens (including phenoxy) is 1. The van der Waals surface area contributed by atoms with Gasteiger partial charge in [-0.25, -0.2) is 4.79 Å². The molecular formula is C21H22N2O4. The van der Waals surface area contributed by atoms with Crippen LogP contribution in [0.5, 0.6) is 0 Å². The Morgan fingerprint density at radius 2 is 1.56 bits per heavy atom. The average molecular weight is 366 g/mol. The van der Waals surface area contributed by atoms with Crippen LogP contribution in [0.3, 0.4) is 0 Å². The number of hydrogen-bond acceptors (Lipinski definition) is 4. The number of amides is 2. The van der Waals surface area contributed by atoms with E-state index in [1.54, 1.807) is 31.3 Å². The molecule has 27 heavy (non-hydrogen) atoms. The number of anilines is 1. The molecule has 0 aliphatic carbocycles. The third kappa shape index (κ3) is 5.81. The van der Waals surface area contributed by atoms with Gasteiger partial charge >= 0.3 is 5.97 Å². The van der Waals surface area contributed by atoms with E-state index in [0.717, 1.165) is 5.56 Å². The van der Waals surface area contributed by atoms with Crippen molar-refractivity contribution in [3.63, 3.8) is 0 Å². The van der Waals surface area contributed by atoms with Crippen molar-refractivity contribution in [3.05, 3.63) is 71.9 Å². The van der Waals surface area contributed by atoms with Crippen molar-refractivity contribution >= 4 is 29.5 Å². The fourth-order valence-electron chi connectivity index (χ4n) is 2.38. The Labute approximate surface area is 158 Å². The molecule has 140 valence electrons. The summed E-state index contributed by atoms with van der Waals surface area (Å²) >= 11 is 0. The number of likely N-dealkylation sites (N-methyl/N-ethyl adjacent to an activating group) is 1. The van der Waals surface area contributed by atoms with Gasteiger partial charge in [-0.05, 0) is 30.7 Å². The lowest BCUT2D eigenvalue weighted by atomic mass is 10.2. The first-order valence-corrected chi connectivity index (χ1v) is 8.46. The predicted octanol–water partition coefficient (Wildman–Crippen LogP) is 2.76. The van der Waals surface area contributed by atoms with Gasteiger partial charge in [-0.15, -0.1) is 0 Å². The van der Waals surface area contributed by atoms with E-state index < -0.39 is 18.0 Å². The number of nitrogens with zero attached hydrogens (tertiary/aromatic N) is 1. The smallest absolute Gasteiger partial charge is 0.355 e. The second-order valence-corrected chi connectivity index (χ2v) is 5.93. The van der Waals surface area contributed by atoms with Crippen LogP contribution in [-0.2, 0) is 19.1 Å². The fraction of sp³-hybridized carbons (Fsp3) is 0.190. The number of rotatable bonds is 6. The molecule has 1 atom stereocenters. The molecule has 2 aromatic carbocycles. The van der Waals surface area contributed by atoms with E-state index in [1.165, 1.54) is 24.8 Å². The minimum absolute atomic E-state index is 0.0317. The van der Waals surface area contributed by atoms with Crippen molar-refractivity contribution in [1.82, 2.24) is 5.32 Å². The summed E-state index contributed by atoms with van der Waals surface area (Å²) in [6, 6.07) is 18.1. The lowest BCUT2D eigenvalue weighted by Gasteiger charge is -2.22. The summed E-state index contributed by atoms with van der Waals surface area (Å²) < 4.78 is 5.28. The van der Waals surface area contributed by atoms with E-state index in [9.17, 15) is 14.4 Å². The van der Waals surface area contributed by atoms with Crippen molar-refractivity contribution in [2.75, 3.05) is 11.9 Å². The van der Waals surface area contributed by atoms with Crippen LogP contribution in [-0.4, -0.2) is 30.9 Å². The van der Waals surface area contributed by atoms with E-state index in [4.69, 9.17) is 4.74 Å². The van der Waals surface area contributed by atoms with E-state index in [-0.39, 0.29) is 11.6 Å². The van der Waals surface area contributed by atoms with Gasteiger partial charge in [-0.2, -0.15) is 0 Å². The number of para-hydroxylation sites is 1. The maximum atomic E-state index is 12.5. The van der Waals surface area contributed by atoms with Crippen LogP contribution in [0.15, 0.2) is 66.4 Å². The molecule has 0 bridgehead atoms. The number of hydrogen-bond donors (Lipinski definition) is 1. The molecule has 6 nitrogen and oxygen atoms in total. The van der Waals surface area contributed by atoms with E-state index in [0.29, 0.717) is 5.69 Å². The number of esters is 1. The van der Waals surface area contributed by atoms with Gasteiger partial charge in [0.15, 0.2) is 6.10 Å². The van der Waals surface area contributed by atoms with Crippen LogP contribution in [0.4, 0.5) is 5.69 Å². The van der Waals surface area contributed by atoms with Crippen LogP contribution in [0.1, 0.15) is 19.4 Å². The molecule has 1 N–H and O–H groups in total. The summed E-state index contributed by atoms with van der Waals surface area (Å²) in [5, 5.41) is 2.46. The largest absolute Gasteiger partial charge is 0.448 e. The topological polar surface area (TPSA) is 75.7 Å². The highest BCUT2D eigenvalue weighted by molar-refractivity contribution is 6.01. The molecule has 0 spiro atoms. The van der Waals surface area contributed by atoms with Crippen molar-refractivity contribution in [1.29, 1.82) is 0 Å². The molecule has 0 aliphatic rings. The second kappa shape index (κ2) is 9.33. The maximum absolute atomic E-state index is 12.5. The molecule has 2 aromatic rings. The zero-order valence-electron chi connectivity index (χ0n) is 15.5. The van der Waals surface area contributed by atoms with Gasteiger partial charge < -0.3 is 15.0 Å². The molecule has 2 rings (SSSR count). The summed E-state index contributed by atoms with van der Waals surface area (Å²) in [5.74, 6) is -1.57. The average Bonchev–Trinajstić information content (AvgIpc) is 2.67. The van der Waals surface area contributed by atoms with E-state index >= 15 is 0 Å². The first-order chi connectivity index (χ1) is 12.9. The van der Waals surface area contributed by atoms with Gasteiger partial charge in [0.05, 0.1) is 0 Å². The summed E-state index contributed by atoms with van der Waals surface area (Å²) in [5.41, 5.74) is 1.38. The van der Waals surface area contributed by atoms with Crippen molar-refractivity contribution in [2.45, 2.75) is 20.0 Å². The molecule has 6 heteroatoms. The number of carbonyl (C=O) groups is 3. The minimum Gasteiger partial charge on any atom is -0.448 e. The van der Waals surface area contributed by atoms with Crippen LogP contribution >= 0.6 is 0 Å². The zero-order valence-corrected chi connectivity index (χ0v) is 15.5. The SMILES string of the molecule is CC(=O)N/C(=C/c1ccccc1)C(=O)O[C@H](C)C(=O)N(C)c1ccccc1. The highest BCUT2D eigenvalue weighted by Crippen LogP contribution is 2.14. The lowest BCUT2D eigenvalue weighted by Crippen LogP contribution is -2.39. The maximum Gasteiger partial charge on any atom is 0.355 e. The molecule has 2 amide bonds. The Kier molecular flexibility index (Phi) is 6.88. The first-order valence-electron chi connectivity index (χ1n) is 8.46. The first kappa shape index (κ1) is 19.9. The molecule has 0 heterocycles. The Morgan fingerprint density at radius 1 is 1.00 bits per heavy atom. The zero-order chi connectivity index (χ0) is 19.8. The molecular weight excluding hydrogens is 344 g/mol. The minimum atomic E-state index is -1.02. The van der Waals surface area contributed by atoms with E-state index in [1.807, 2.05) is 36.4 Å². The van der Waals surface area contributed by atoms with Crippen molar-refractivity contribution in [2.24, 2.45) is 0 Å². The molecule has 0 radical (unpaired) electrons. The summed E-state index contributed by atoms with van der Waals surface area (Å²) in [4.78, 5) is 37.8. The van der Waals surface area contributed by atoms with Gasteiger partial charge in [0.2, 0.25) is 5.91 Å². The highest BCUT2D eigenvalue weighted by Gasteiger charge is 2.24. The van der Waals surface area contributed by atoms with Crippen molar-refractivity contribution < 1.29 is 19.1 Å². The van der Waals surface area contributed by atoms with Crippen molar-refractivity contribution in [3.8, 4) is 0 Å². The van der Waals surface area contributed by atoms with Gasteiger partial charge in [0, 0.05) is 19.7 Å². The highest BCUT2D eigenvalue weighted by atomic mass is 16.5. The normalized spacial score (nSPS) is 12.0. The Bertz CT molecular complexity index is 832. The van der Waals surface area contributed by atoms with Gasteiger partial charge in [0.25, 0.3) is 5.91 Å². The number of nitrogens with one attached hydrogen (secondary N) is 1. The third-order valence-electron chi connectivity index (χ3n) is 3.75. The molecule has 0 saturated heterocycles.